The first-order chi connectivity index (χ1) is 14.1. The summed E-state index contributed by atoms with van der Waals surface area (Å²) in [6.07, 6.45) is 3.35. The van der Waals surface area contributed by atoms with Crippen LogP contribution in [0.15, 0.2) is 79.3 Å². The van der Waals surface area contributed by atoms with Crippen molar-refractivity contribution >= 4 is 34.2 Å². The van der Waals surface area contributed by atoms with E-state index in [1.807, 2.05) is 53.2 Å². The van der Waals surface area contributed by atoms with Gasteiger partial charge in [0.1, 0.15) is 12.1 Å². The zero-order valence-corrected chi connectivity index (χ0v) is 16.4. The Bertz CT molecular complexity index is 1340. The van der Waals surface area contributed by atoms with Crippen LogP contribution in [-0.4, -0.2) is 19.3 Å². The third kappa shape index (κ3) is 3.18. The van der Waals surface area contributed by atoms with Crippen molar-refractivity contribution in [2.24, 2.45) is 0 Å². The molecule has 0 amide bonds. The summed E-state index contributed by atoms with van der Waals surface area (Å²) >= 11 is 11.9. The lowest BCUT2D eigenvalue weighted by Crippen LogP contribution is -1.99. The van der Waals surface area contributed by atoms with Crippen molar-refractivity contribution in [3.63, 3.8) is 0 Å². The van der Waals surface area contributed by atoms with E-state index in [1.165, 1.54) is 6.07 Å². The number of hydrogen-bond donors (Lipinski definition) is 0. The molecule has 7 heteroatoms. The van der Waals surface area contributed by atoms with Gasteiger partial charge in [0.2, 0.25) is 0 Å². The molecule has 0 atom stereocenters. The number of imidazole rings is 1. The van der Waals surface area contributed by atoms with Gasteiger partial charge < -0.3 is 0 Å². The maximum absolute atomic E-state index is 14.5. The van der Waals surface area contributed by atoms with Gasteiger partial charge in [-0.25, -0.2) is 14.1 Å². The van der Waals surface area contributed by atoms with E-state index in [1.54, 1.807) is 29.2 Å². The first-order valence-electron chi connectivity index (χ1n) is 8.83. The first-order valence-corrected chi connectivity index (χ1v) is 9.58. The lowest BCUT2D eigenvalue weighted by molar-refractivity contribution is 0.619. The Morgan fingerprint density at radius 2 is 1.62 bits per heavy atom. The Labute approximate surface area is 175 Å². The molecule has 0 spiro atoms. The Morgan fingerprint density at radius 1 is 0.828 bits per heavy atom. The number of aromatic nitrogens is 4. The van der Waals surface area contributed by atoms with Crippen LogP contribution in [0.25, 0.3) is 33.7 Å². The average molecular weight is 423 g/mol. The lowest BCUT2D eigenvalue weighted by Gasteiger charge is -2.10. The van der Waals surface area contributed by atoms with Crippen LogP contribution >= 0.6 is 23.2 Å². The summed E-state index contributed by atoms with van der Waals surface area (Å²) in [5.74, 6) is -0.409. The van der Waals surface area contributed by atoms with Gasteiger partial charge in [0, 0.05) is 15.6 Å². The predicted octanol–water partition coefficient (Wildman–Crippen LogP) is 6.32. The molecule has 142 valence electrons. The number of fused-ring (bicyclic) bond motifs is 1. The SMILES string of the molecule is Fc1cc(Cl)ccc1-n1cnc2ccc(-c3ccnn3-c3ccc(Cl)cc3)cc21. The van der Waals surface area contributed by atoms with Gasteiger partial charge in [0.05, 0.1) is 34.3 Å². The van der Waals surface area contributed by atoms with Gasteiger partial charge >= 0.3 is 0 Å². The molecule has 0 aliphatic carbocycles. The van der Waals surface area contributed by atoms with E-state index in [-0.39, 0.29) is 0 Å². The molecule has 29 heavy (non-hydrogen) atoms. The maximum atomic E-state index is 14.5. The number of halogens is 3. The minimum absolute atomic E-state index is 0.350. The van der Waals surface area contributed by atoms with E-state index in [0.29, 0.717) is 15.7 Å². The minimum atomic E-state index is -0.409. The van der Waals surface area contributed by atoms with Crippen molar-refractivity contribution in [3.8, 4) is 22.6 Å². The third-order valence-corrected chi connectivity index (χ3v) is 5.21. The van der Waals surface area contributed by atoms with Crippen molar-refractivity contribution in [1.29, 1.82) is 0 Å². The standard InChI is InChI=1S/C22H13Cl2FN4/c23-15-2-5-17(6-3-15)29-20(9-10-27-29)14-1-7-19-22(11-14)28(13-26-19)21-8-4-16(24)12-18(21)25/h1-13H. The Balaban J connectivity index is 1.65. The fraction of sp³-hybridized carbons (Fsp3) is 0. The smallest absolute Gasteiger partial charge is 0.148 e. The van der Waals surface area contributed by atoms with E-state index >= 15 is 0 Å². The lowest BCUT2D eigenvalue weighted by atomic mass is 10.1. The molecule has 2 heterocycles. The molecule has 0 N–H and O–H groups in total. The molecule has 0 bridgehead atoms. The average Bonchev–Trinajstić information content (AvgIpc) is 3.35. The van der Waals surface area contributed by atoms with E-state index in [0.717, 1.165) is 28.0 Å². The van der Waals surface area contributed by atoms with Crippen molar-refractivity contribution in [2.45, 2.75) is 0 Å². The third-order valence-electron chi connectivity index (χ3n) is 4.73. The monoisotopic (exact) mass is 422 g/mol. The van der Waals surface area contributed by atoms with Crippen molar-refractivity contribution in [1.82, 2.24) is 19.3 Å². The number of nitrogens with zero attached hydrogens (tertiary/aromatic N) is 4. The van der Waals surface area contributed by atoms with Crippen molar-refractivity contribution in [2.75, 3.05) is 0 Å². The molecule has 0 unspecified atom stereocenters. The molecular formula is C22H13Cl2FN4. The van der Waals surface area contributed by atoms with Crippen LogP contribution in [0.4, 0.5) is 4.39 Å². The summed E-state index contributed by atoms with van der Waals surface area (Å²) in [7, 11) is 0. The van der Waals surface area contributed by atoms with Crippen LogP contribution < -0.4 is 0 Å². The van der Waals surface area contributed by atoms with Gasteiger partial charge in [-0.1, -0.05) is 29.3 Å². The van der Waals surface area contributed by atoms with Crippen molar-refractivity contribution in [3.05, 3.63) is 95.1 Å². The zero-order valence-electron chi connectivity index (χ0n) is 14.9. The van der Waals surface area contributed by atoms with Crippen molar-refractivity contribution < 1.29 is 4.39 Å². The number of benzene rings is 3. The molecule has 2 aromatic heterocycles. The van der Waals surface area contributed by atoms with Crippen LogP contribution in [-0.2, 0) is 0 Å². The first kappa shape index (κ1) is 17.9. The largest absolute Gasteiger partial charge is 0.296 e. The fourth-order valence-corrected chi connectivity index (χ4v) is 3.63. The number of hydrogen-bond acceptors (Lipinski definition) is 2. The van der Waals surface area contributed by atoms with Crippen LogP contribution in [0, 0.1) is 5.82 Å². The van der Waals surface area contributed by atoms with Crippen LogP contribution in [0.5, 0.6) is 0 Å². The molecule has 5 aromatic rings. The molecule has 0 saturated heterocycles. The molecule has 4 nitrogen and oxygen atoms in total. The molecule has 0 fully saturated rings. The zero-order chi connectivity index (χ0) is 20.0. The molecule has 0 radical (unpaired) electrons. The van der Waals surface area contributed by atoms with E-state index in [9.17, 15) is 4.39 Å². The second-order valence-corrected chi connectivity index (χ2v) is 7.39. The van der Waals surface area contributed by atoms with Gasteiger partial charge in [-0.05, 0) is 60.7 Å². The van der Waals surface area contributed by atoms with Gasteiger partial charge in [-0.2, -0.15) is 5.10 Å². The minimum Gasteiger partial charge on any atom is -0.296 e. The van der Waals surface area contributed by atoms with Crippen LogP contribution in [0.2, 0.25) is 10.0 Å². The van der Waals surface area contributed by atoms with E-state index < -0.39 is 5.82 Å². The second kappa shape index (κ2) is 7.03. The molecule has 0 aliphatic heterocycles. The highest BCUT2D eigenvalue weighted by Crippen LogP contribution is 2.29. The number of rotatable bonds is 3. The van der Waals surface area contributed by atoms with Crippen LogP contribution in [0.3, 0.4) is 0 Å². The quantitative estimate of drug-likeness (QED) is 0.340. The molecule has 3 aromatic carbocycles. The predicted molar refractivity (Wildman–Crippen MR) is 114 cm³/mol. The van der Waals surface area contributed by atoms with Gasteiger partial charge in [0.15, 0.2) is 0 Å². The summed E-state index contributed by atoms with van der Waals surface area (Å²) in [5, 5.41) is 5.46. The van der Waals surface area contributed by atoms with E-state index in [4.69, 9.17) is 23.2 Å². The Morgan fingerprint density at radius 3 is 2.41 bits per heavy atom. The topological polar surface area (TPSA) is 35.6 Å². The summed E-state index contributed by atoms with van der Waals surface area (Å²) < 4.78 is 18.0. The van der Waals surface area contributed by atoms with Crippen LogP contribution in [0.1, 0.15) is 0 Å². The molecule has 0 saturated carbocycles. The molecule has 5 rings (SSSR count). The molecular weight excluding hydrogens is 410 g/mol. The summed E-state index contributed by atoms with van der Waals surface area (Å²) in [5.41, 5.74) is 4.67. The van der Waals surface area contributed by atoms with Gasteiger partial charge in [-0.15, -0.1) is 0 Å². The Kier molecular flexibility index (Phi) is 4.34. The van der Waals surface area contributed by atoms with Gasteiger partial charge in [0.25, 0.3) is 0 Å². The Hall–Kier alpha value is -3.15. The second-order valence-electron chi connectivity index (χ2n) is 6.52. The van der Waals surface area contributed by atoms with E-state index in [2.05, 4.69) is 10.1 Å². The highest BCUT2D eigenvalue weighted by Gasteiger charge is 2.13. The molecule has 0 aliphatic rings. The highest BCUT2D eigenvalue weighted by atomic mass is 35.5. The van der Waals surface area contributed by atoms with Gasteiger partial charge in [-0.3, -0.25) is 4.57 Å². The normalized spacial score (nSPS) is 11.3. The fourth-order valence-electron chi connectivity index (χ4n) is 3.35. The highest BCUT2D eigenvalue weighted by molar-refractivity contribution is 6.30. The summed E-state index contributed by atoms with van der Waals surface area (Å²) in [6.45, 7) is 0. The summed E-state index contributed by atoms with van der Waals surface area (Å²) in [4.78, 5) is 4.40. The maximum Gasteiger partial charge on any atom is 0.148 e. The summed E-state index contributed by atoms with van der Waals surface area (Å²) in [6, 6.07) is 19.8.